The fourth-order valence-corrected chi connectivity index (χ4v) is 7.96. The smallest absolute Gasteiger partial charge is 0.306 e. The summed E-state index contributed by atoms with van der Waals surface area (Å²) >= 11 is 0. The summed E-state index contributed by atoms with van der Waals surface area (Å²) in [5.41, 5.74) is 0. The standard InChI is InChI=1S/C67H110O6/c1-4-7-10-13-16-19-22-25-26-27-28-29-30-31-32-33-34-35-36-37-38-39-40-41-42-43-46-48-51-54-57-60-66(69)72-63-64(73-67(70)61-58-55-52-49-45-24-21-18-15-12-9-6-3)62-71-65(68)59-56-53-50-47-44-23-20-17-14-11-8-5-2/h7,10,16,18-19,21,25-26,28-29,31-32,34-35,37-38,40-41,43,46,64H,4-6,8-9,11-15,17,20,22-24,27,30,33,36,39,42,44-45,47-63H2,1-3H3/b10-7-,19-16-,21-18-,26-25-,29-28-,32-31-,35-34-,38-37-,41-40-,46-43-. The highest BCUT2D eigenvalue weighted by Crippen LogP contribution is 2.15. The van der Waals surface area contributed by atoms with Gasteiger partial charge in [0.25, 0.3) is 0 Å². The fourth-order valence-electron chi connectivity index (χ4n) is 7.96. The second-order valence-corrected chi connectivity index (χ2v) is 19.5. The van der Waals surface area contributed by atoms with E-state index in [0.717, 1.165) is 135 Å². The lowest BCUT2D eigenvalue weighted by molar-refractivity contribution is -0.167. The number of carbonyl (C=O) groups excluding carboxylic acids is 3. The summed E-state index contributed by atoms with van der Waals surface area (Å²) in [5, 5.41) is 0. The molecule has 0 saturated heterocycles. The molecule has 0 aromatic carbocycles. The second-order valence-electron chi connectivity index (χ2n) is 19.5. The van der Waals surface area contributed by atoms with E-state index in [1.165, 1.54) is 89.9 Å². The topological polar surface area (TPSA) is 78.9 Å². The van der Waals surface area contributed by atoms with Crippen molar-refractivity contribution in [3.63, 3.8) is 0 Å². The molecule has 0 aliphatic heterocycles. The van der Waals surface area contributed by atoms with E-state index in [2.05, 4.69) is 142 Å². The van der Waals surface area contributed by atoms with E-state index in [1.54, 1.807) is 0 Å². The van der Waals surface area contributed by atoms with Crippen molar-refractivity contribution in [3.05, 3.63) is 122 Å². The largest absolute Gasteiger partial charge is 0.462 e. The van der Waals surface area contributed by atoms with Crippen LogP contribution in [0.3, 0.4) is 0 Å². The summed E-state index contributed by atoms with van der Waals surface area (Å²) in [6, 6.07) is 0. The Labute approximate surface area is 450 Å². The van der Waals surface area contributed by atoms with Gasteiger partial charge in [0, 0.05) is 19.3 Å². The number of rotatable bonds is 53. The third-order valence-corrected chi connectivity index (χ3v) is 12.5. The van der Waals surface area contributed by atoms with Gasteiger partial charge < -0.3 is 14.2 Å². The van der Waals surface area contributed by atoms with Crippen molar-refractivity contribution in [3.8, 4) is 0 Å². The number of unbranched alkanes of at least 4 members (excludes halogenated alkanes) is 22. The number of hydrogen-bond acceptors (Lipinski definition) is 6. The molecule has 0 bridgehead atoms. The van der Waals surface area contributed by atoms with E-state index < -0.39 is 6.10 Å². The van der Waals surface area contributed by atoms with Crippen LogP contribution >= 0.6 is 0 Å². The van der Waals surface area contributed by atoms with Gasteiger partial charge in [-0.1, -0.05) is 251 Å². The van der Waals surface area contributed by atoms with E-state index in [0.29, 0.717) is 19.3 Å². The van der Waals surface area contributed by atoms with E-state index in [1.807, 2.05) is 0 Å². The molecule has 0 heterocycles. The van der Waals surface area contributed by atoms with Crippen molar-refractivity contribution in [2.45, 2.75) is 271 Å². The van der Waals surface area contributed by atoms with Crippen LogP contribution in [-0.4, -0.2) is 37.2 Å². The normalized spacial score (nSPS) is 13.0. The first-order chi connectivity index (χ1) is 36.0. The van der Waals surface area contributed by atoms with Gasteiger partial charge in [0.1, 0.15) is 13.2 Å². The third kappa shape index (κ3) is 58.6. The van der Waals surface area contributed by atoms with Crippen LogP contribution in [0.25, 0.3) is 0 Å². The highest BCUT2D eigenvalue weighted by atomic mass is 16.6. The van der Waals surface area contributed by atoms with Crippen molar-refractivity contribution >= 4 is 17.9 Å². The second kappa shape index (κ2) is 60.4. The molecule has 6 nitrogen and oxygen atoms in total. The highest BCUT2D eigenvalue weighted by Gasteiger charge is 2.19. The van der Waals surface area contributed by atoms with Gasteiger partial charge in [0.05, 0.1) is 0 Å². The van der Waals surface area contributed by atoms with Crippen LogP contribution in [0.2, 0.25) is 0 Å². The van der Waals surface area contributed by atoms with Gasteiger partial charge in [-0.2, -0.15) is 0 Å². The molecule has 73 heavy (non-hydrogen) atoms. The molecule has 0 aromatic heterocycles. The van der Waals surface area contributed by atoms with Crippen LogP contribution in [-0.2, 0) is 28.6 Å². The number of hydrogen-bond donors (Lipinski definition) is 0. The number of esters is 3. The lowest BCUT2D eigenvalue weighted by Crippen LogP contribution is -2.30. The average Bonchev–Trinajstić information content (AvgIpc) is 3.39. The zero-order valence-corrected chi connectivity index (χ0v) is 47.4. The summed E-state index contributed by atoms with van der Waals surface area (Å²) in [6.07, 6.45) is 83.4. The lowest BCUT2D eigenvalue weighted by Gasteiger charge is -2.18. The molecule has 0 aliphatic carbocycles. The molecule has 0 rings (SSSR count). The predicted octanol–water partition coefficient (Wildman–Crippen LogP) is 20.4. The molecule has 1 atom stereocenters. The Kier molecular flexibility index (Phi) is 56.9. The van der Waals surface area contributed by atoms with E-state index >= 15 is 0 Å². The molecule has 0 aromatic rings. The van der Waals surface area contributed by atoms with Gasteiger partial charge in [-0.05, 0) is 116 Å². The minimum absolute atomic E-state index is 0.0919. The molecule has 0 saturated carbocycles. The Morgan fingerprint density at radius 3 is 0.890 bits per heavy atom. The van der Waals surface area contributed by atoms with E-state index in [-0.39, 0.29) is 31.1 Å². The molecular weight excluding hydrogens is 901 g/mol. The molecular formula is C67H110O6. The van der Waals surface area contributed by atoms with Crippen LogP contribution in [0.4, 0.5) is 0 Å². The first kappa shape index (κ1) is 68.8. The molecule has 0 fully saturated rings. The summed E-state index contributed by atoms with van der Waals surface area (Å²) in [7, 11) is 0. The zero-order valence-electron chi connectivity index (χ0n) is 47.4. The Morgan fingerprint density at radius 2 is 0.534 bits per heavy atom. The number of allylic oxidation sites excluding steroid dienone is 20. The minimum Gasteiger partial charge on any atom is -0.462 e. The van der Waals surface area contributed by atoms with E-state index in [4.69, 9.17) is 14.2 Å². The van der Waals surface area contributed by atoms with Crippen molar-refractivity contribution in [2.75, 3.05) is 13.2 Å². The van der Waals surface area contributed by atoms with Gasteiger partial charge in [-0.25, -0.2) is 0 Å². The fraction of sp³-hybridized carbons (Fsp3) is 0.657. The quantitative estimate of drug-likeness (QED) is 0.0261. The van der Waals surface area contributed by atoms with Crippen LogP contribution in [0.15, 0.2) is 122 Å². The maximum absolute atomic E-state index is 12.8. The third-order valence-electron chi connectivity index (χ3n) is 12.5. The van der Waals surface area contributed by atoms with Crippen molar-refractivity contribution in [2.24, 2.45) is 0 Å². The van der Waals surface area contributed by atoms with Crippen molar-refractivity contribution < 1.29 is 28.6 Å². The van der Waals surface area contributed by atoms with Gasteiger partial charge in [0.15, 0.2) is 6.10 Å². The monoisotopic (exact) mass is 1010 g/mol. The number of ether oxygens (including phenoxy) is 3. The van der Waals surface area contributed by atoms with Crippen LogP contribution in [0.1, 0.15) is 265 Å². The van der Waals surface area contributed by atoms with E-state index in [9.17, 15) is 14.4 Å². The van der Waals surface area contributed by atoms with Gasteiger partial charge in [-0.15, -0.1) is 0 Å². The van der Waals surface area contributed by atoms with Crippen molar-refractivity contribution in [1.29, 1.82) is 0 Å². The Morgan fingerprint density at radius 1 is 0.288 bits per heavy atom. The maximum atomic E-state index is 12.8. The molecule has 0 amide bonds. The zero-order chi connectivity index (χ0) is 52.9. The molecule has 0 spiro atoms. The van der Waals surface area contributed by atoms with Crippen LogP contribution < -0.4 is 0 Å². The summed E-state index contributed by atoms with van der Waals surface area (Å²) in [4.78, 5) is 38.1. The number of carbonyl (C=O) groups is 3. The van der Waals surface area contributed by atoms with Gasteiger partial charge in [-0.3, -0.25) is 14.4 Å². The summed E-state index contributed by atoms with van der Waals surface area (Å²) < 4.78 is 16.8. The molecule has 0 radical (unpaired) electrons. The van der Waals surface area contributed by atoms with Crippen LogP contribution in [0.5, 0.6) is 0 Å². The molecule has 1 unspecified atom stereocenters. The Balaban J connectivity index is 4.32. The minimum atomic E-state index is -0.796. The SMILES string of the molecule is CC/C=C\C/C=C\C/C=C\C/C=C\C/C=C\C/C=C\C/C=C\C/C=C\C/C=C\CCCCCC(=O)OCC(COC(=O)CCCCCCCCCCCCCC)OC(=O)CCCCCCC/C=C\CCCCC. The first-order valence-corrected chi connectivity index (χ1v) is 30.0. The van der Waals surface area contributed by atoms with Gasteiger partial charge >= 0.3 is 17.9 Å². The predicted molar refractivity (Wildman–Crippen MR) is 316 cm³/mol. The Bertz CT molecular complexity index is 1540. The molecule has 0 N–H and O–H groups in total. The lowest BCUT2D eigenvalue weighted by atomic mass is 10.0. The average molecular weight is 1010 g/mol. The van der Waals surface area contributed by atoms with Crippen molar-refractivity contribution in [1.82, 2.24) is 0 Å². The summed E-state index contributed by atoms with van der Waals surface area (Å²) in [6.45, 7) is 6.46. The Hall–Kier alpha value is -4.19. The first-order valence-electron chi connectivity index (χ1n) is 30.0. The van der Waals surface area contributed by atoms with Gasteiger partial charge in [0.2, 0.25) is 0 Å². The highest BCUT2D eigenvalue weighted by molar-refractivity contribution is 5.71. The maximum Gasteiger partial charge on any atom is 0.306 e. The summed E-state index contributed by atoms with van der Waals surface area (Å²) in [5.74, 6) is -0.936. The molecule has 414 valence electrons. The van der Waals surface area contributed by atoms with Crippen LogP contribution in [0, 0.1) is 0 Å². The molecule has 0 aliphatic rings. The molecule has 6 heteroatoms.